The number of amides is 1. The number of nitrogen functional groups attached to an aromatic ring is 1. The standard InChI is InChI=1S/C16H22N4O2/c1-16(2,3)22-15(21)19(4)10-12-9-13(17)5-6-14(12)20-8-7-18-11-20/h5-9,11H,10,17H2,1-4H3. The van der Waals surface area contributed by atoms with Crippen molar-refractivity contribution in [2.75, 3.05) is 12.8 Å². The molecule has 2 rings (SSSR count). The third-order valence-corrected chi connectivity index (χ3v) is 3.00. The SMILES string of the molecule is CN(Cc1cc(N)ccc1-n1ccnc1)C(=O)OC(C)(C)C. The van der Waals surface area contributed by atoms with Gasteiger partial charge in [-0.25, -0.2) is 9.78 Å². The van der Waals surface area contributed by atoms with Gasteiger partial charge in [-0.3, -0.25) is 0 Å². The zero-order valence-electron chi connectivity index (χ0n) is 13.4. The molecule has 0 fully saturated rings. The summed E-state index contributed by atoms with van der Waals surface area (Å²) in [4.78, 5) is 17.7. The molecule has 22 heavy (non-hydrogen) atoms. The van der Waals surface area contributed by atoms with Gasteiger partial charge in [0.15, 0.2) is 0 Å². The van der Waals surface area contributed by atoms with Crippen molar-refractivity contribution >= 4 is 11.8 Å². The molecule has 118 valence electrons. The van der Waals surface area contributed by atoms with Crippen molar-refractivity contribution in [3.05, 3.63) is 42.5 Å². The Hall–Kier alpha value is -2.50. The topological polar surface area (TPSA) is 73.4 Å². The first-order valence-electron chi connectivity index (χ1n) is 7.07. The van der Waals surface area contributed by atoms with E-state index in [1.54, 1.807) is 19.6 Å². The minimum absolute atomic E-state index is 0.369. The monoisotopic (exact) mass is 302 g/mol. The Morgan fingerprint density at radius 3 is 2.73 bits per heavy atom. The smallest absolute Gasteiger partial charge is 0.410 e. The maximum Gasteiger partial charge on any atom is 0.410 e. The van der Waals surface area contributed by atoms with Crippen LogP contribution in [0.2, 0.25) is 0 Å². The third kappa shape index (κ3) is 4.00. The van der Waals surface area contributed by atoms with Gasteiger partial charge in [-0.15, -0.1) is 0 Å². The number of nitrogens with zero attached hydrogens (tertiary/aromatic N) is 3. The summed E-state index contributed by atoms with van der Waals surface area (Å²) in [7, 11) is 1.70. The Morgan fingerprint density at radius 2 is 2.14 bits per heavy atom. The van der Waals surface area contributed by atoms with E-state index in [-0.39, 0.29) is 6.09 Å². The second-order valence-corrected chi connectivity index (χ2v) is 6.19. The van der Waals surface area contributed by atoms with E-state index in [0.717, 1.165) is 11.3 Å². The number of benzene rings is 1. The van der Waals surface area contributed by atoms with Crippen LogP contribution in [0, 0.1) is 0 Å². The molecule has 0 unspecified atom stereocenters. The van der Waals surface area contributed by atoms with Crippen LogP contribution in [0.25, 0.3) is 5.69 Å². The van der Waals surface area contributed by atoms with Crippen molar-refractivity contribution < 1.29 is 9.53 Å². The van der Waals surface area contributed by atoms with E-state index in [4.69, 9.17) is 10.5 Å². The molecule has 6 heteroatoms. The number of imidazole rings is 1. The summed E-state index contributed by atoms with van der Waals surface area (Å²) in [6.07, 6.45) is 4.90. The van der Waals surface area contributed by atoms with Crippen LogP contribution in [0.4, 0.5) is 10.5 Å². The van der Waals surface area contributed by atoms with Crippen molar-refractivity contribution in [1.29, 1.82) is 0 Å². The summed E-state index contributed by atoms with van der Waals surface area (Å²) in [5.74, 6) is 0. The lowest BCUT2D eigenvalue weighted by atomic mass is 10.1. The van der Waals surface area contributed by atoms with Crippen LogP contribution in [0.15, 0.2) is 36.9 Å². The number of rotatable bonds is 3. The van der Waals surface area contributed by atoms with Crippen molar-refractivity contribution in [2.24, 2.45) is 0 Å². The van der Waals surface area contributed by atoms with E-state index >= 15 is 0 Å². The fourth-order valence-corrected chi connectivity index (χ4v) is 2.05. The predicted octanol–water partition coefficient (Wildman–Crippen LogP) is 2.82. The first kappa shape index (κ1) is 15.9. The van der Waals surface area contributed by atoms with Crippen molar-refractivity contribution in [3.8, 4) is 5.69 Å². The van der Waals surface area contributed by atoms with Crippen LogP contribution in [0.1, 0.15) is 26.3 Å². The number of anilines is 1. The first-order valence-corrected chi connectivity index (χ1v) is 7.07. The first-order chi connectivity index (χ1) is 10.3. The Kier molecular flexibility index (Phi) is 4.40. The van der Waals surface area contributed by atoms with E-state index < -0.39 is 5.60 Å². The highest BCUT2D eigenvalue weighted by Crippen LogP contribution is 2.20. The maximum atomic E-state index is 12.1. The third-order valence-electron chi connectivity index (χ3n) is 3.00. The molecular weight excluding hydrogens is 280 g/mol. The van der Waals surface area contributed by atoms with Crippen LogP contribution in [0.5, 0.6) is 0 Å². The van der Waals surface area contributed by atoms with E-state index in [2.05, 4.69) is 4.98 Å². The minimum Gasteiger partial charge on any atom is -0.444 e. The van der Waals surface area contributed by atoms with Crippen LogP contribution in [-0.2, 0) is 11.3 Å². The van der Waals surface area contributed by atoms with Gasteiger partial charge in [0.05, 0.1) is 18.6 Å². The molecule has 0 saturated carbocycles. The highest BCUT2D eigenvalue weighted by Gasteiger charge is 2.20. The molecule has 0 saturated heterocycles. The number of ether oxygens (including phenoxy) is 1. The Bertz CT molecular complexity index is 645. The van der Waals surface area contributed by atoms with Gasteiger partial charge in [0.25, 0.3) is 0 Å². The largest absolute Gasteiger partial charge is 0.444 e. The summed E-state index contributed by atoms with van der Waals surface area (Å²) < 4.78 is 7.26. The van der Waals surface area contributed by atoms with Gasteiger partial charge in [-0.05, 0) is 44.5 Å². The maximum absolute atomic E-state index is 12.1. The molecular formula is C16H22N4O2. The quantitative estimate of drug-likeness (QED) is 0.885. The second-order valence-electron chi connectivity index (χ2n) is 6.19. The molecule has 1 heterocycles. The predicted molar refractivity (Wildman–Crippen MR) is 85.7 cm³/mol. The lowest BCUT2D eigenvalue weighted by Crippen LogP contribution is -2.34. The Balaban J connectivity index is 2.22. The molecule has 6 nitrogen and oxygen atoms in total. The summed E-state index contributed by atoms with van der Waals surface area (Å²) in [6, 6.07) is 5.60. The molecule has 0 aliphatic heterocycles. The Morgan fingerprint density at radius 1 is 1.41 bits per heavy atom. The van der Waals surface area contributed by atoms with Crippen LogP contribution in [0.3, 0.4) is 0 Å². The second kappa shape index (κ2) is 6.09. The van der Waals surface area contributed by atoms with E-state index in [1.807, 2.05) is 49.7 Å². The normalized spacial score (nSPS) is 11.3. The highest BCUT2D eigenvalue weighted by molar-refractivity contribution is 5.68. The fourth-order valence-electron chi connectivity index (χ4n) is 2.05. The van der Waals surface area contributed by atoms with E-state index in [9.17, 15) is 4.79 Å². The molecule has 0 aliphatic rings. The van der Waals surface area contributed by atoms with Gasteiger partial charge >= 0.3 is 6.09 Å². The van der Waals surface area contributed by atoms with Gasteiger partial charge in [-0.2, -0.15) is 0 Å². The fraction of sp³-hybridized carbons (Fsp3) is 0.375. The van der Waals surface area contributed by atoms with Gasteiger partial charge < -0.3 is 19.9 Å². The molecule has 1 amide bonds. The van der Waals surface area contributed by atoms with Crippen molar-refractivity contribution in [2.45, 2.75) is 32.9 Å². The molecule has 1 aromatic heterocycles. The van der Waals surface area contributed by atoms with E-state index in [0.29, 0.717) is 12.2 Å². The lowest BCUT2D eigenvalue weighted by molar-refractivity contribution is 0.0285. The van der Waals surface area contributed by atoms with Crippen LogP contribution in [-0.4, -0.2) is 33.2 Å². The minimum atomic E-state index is -0.520. The number of carbonyl (C=O) groups is 1. The molecule has 1 aromatic carbocycles. The average molecular weight is 302 g/mol. The number of nitrogens with two attached hydrogens (primary N) is 1. The molecule has 0 spiro atoms. The average Bonchev–Trinajstić information content (AvgIpc) is 2.90. The molecule has 0 atom stereocenters. The van der Waals surface area contributed by atoms with Gasteiger partial charge in [-0.1, -0.05) is 0 Å². The van der Waals surface area contributed by atoms with Crippen LogP contribution >= 0.6 is 0 Å². The summed E-state index contributed by atoms with van der Waals surface area (Å²) in [6.45, 7) is 5.93. The number of hydrogen-bond acceptors (Lipinski definition) is 4. The highest BCUT2D eigenvalue weighted by atomic mass is 16.6. The van der Waals surface area contributed by atoms with Gasteiger partial charge in [0, 0.05) is 25.1 Å². The molecule has 2 N–H and O–H groups in total. The Labute approximate surface area is 130 Å². The zero-order valence-corrected chi connectivity index (χ0v) is 13.4. The number of hydrogen-bond donors (Lipinski definition) is 1. The number of aromatic nitrogens is 2. The molecule has 2 aromatic rings. The lowest BCUT2D eigenvalue weighted by Gasteiger charge is -2.25. The zero-order chi connectivity index (χ0) is 16.3. The van der Waals surface area contributed by atoms with Crippen molar-refractivity contribution in [1.82, 2.24) is 14.5 Å². The van der Waals surface area contributed by atoms with Gasteiger partial charge in [0.2, 0.25) is 0 Å². The molecule has 0 bridgehead atoms. The van der Waals surface area contributed by atoms with Gasteiger partial charge in [0.1, 0.15) is 5.60 Å². The summed E-state index contributed by atoms with van der Waals surface area (Å²) >= 11 is 0. The molecule has 0 radical (unpaired) electrons. The summed E-state index contributed by atoms with van der Waals surface area (Å²) in [5, 5.41) is 0. The van der Waals surface area contributed by atoms with Crippen molar-refractivity contribution in [3.63, 3.8) is 0 Å². The summed E-state index contributed by atoms with van der Waals surface area (Å²) in [5.41, 5.74) is 7.86. The van der Waals surface area contributed by atoms with E-state index in [1.165, 1.54) is 4.90 Å². The number of carbonyl (C=O) groups excluding carboxylic acids is 1. The van der Waals surface area contributed by atoms with Crippen LogP contribution < -0.4 is 5.73 Å². The molecule has 0 aliphatic carbocycles.